The summed E-state index contributed by atoms with van der Waals surface area (Å²) < 4.78 is 0. The van der Waals surface area contributed by atoms with E-state index in [-0.39, 0.29) is 22.5 Å². The molecule has 0 atom stereocenters. The first kappa shape index (κ1) is 18.8. The Morgan fingerprint density at radius 1 is 0.688 bits per heavy atom. The van der Waals surface area contributed by atoms with Crippen molar-refractivity contribution in [1.29, 1.82) is 0 Å². The Bertz CT molecular complexity index is 127. The van der Waals surface area contributed by atoms with Crippen LogP contribution < -0.4 is 5.73 Å². The third kappa shape index (κ3) is 9.65. The van der Waals surface area contributed by atoms with E-state index in [2.05, 4.69) is 20.8 Å². The highest BCUT2D eigenvalue weighted by Crippen LogP contribution is 2.24. The SMILES string of the molecule is Br.CCCCCC(N)(CCC)CCCCC. The minimum atomic E-state index is 0. The fourth-order valence-corrected chi connectivity index (χ4v) is 2.33. The molecule has 0 radical (unpaired) electrons. The van der Waals surface area contributed by atoms with Crippen LogP contribution in [0.2, 0.25) is 0 Å². The molecule has 0 saturated heterocycles. The average Bonchev–Trinajstić information content (AvgIpc) is 2.19. The molecule has 1 nitrogen and oxygen atoms in total. The van der Waals surface area contributed by atoms with Crippen molar-refractivity contribution >= 4 is 17.0 Å². The first-order chi connectivity index (χ1) is 7.18. The van der Waals surface area contributed by atoms with Crippen LogP contribution in [-0.4, -0.2) is 5.54 Å². The van der Waals surface area contributed by atoms with E-state index in [4.69, 9.17) is 5.73 Å². The molecule has 0 spiro atoms. The van der Waals surface area contributed by atoms with E-state index in [1.807, 2.05) is 0 Å². The Hall–Kier alpha value is 0.440. The average molecular weight is 294 g/mol. The van der Waals surface area contributed by atoms with E-state index in [0.29, 0.717) is 0 Å². The Morgan fingerprint density at radius 3 is 1.44 bits per heavy atom. The summed E-state index contributed by atoms with van der Waals surface area (Å²) in [5.41, 5.74) is 6.64. The molecule has 2 heteroatoms. The normalized spacial score (nSPS) is 11.2. The van der Waals surface area contributed by atoms with Crippen molar-refractivity contribution in [2.24, 2.45) is 5.73 Å². The Labute approximate surface area is 113 Å². The molecule has 16 heavy (non-hydrogen) atoms. The van der Waals surface area contributed by atoms with E-state index in [1.165, 1.54) is 64.2 Å². The lowest BCUT2D eigenvalue weighted by Crippen LogP contribution is -2.39. The summed E-state index contributed by atoms with van der Waals surface area (Å²) in [5.74, 6) is 0. The third-order valence-corrected chi connectivity index (χ3v) is 3.30. The molecule has 0 saturated carbocycles. The van der Waals surface area contributed by atoms with Crippen LogP contribution in [0, 0.1) is 0 Å². The minimum absolute atomic E-state index is 0. The standard InChI is InChI=1S/C14H31N.BrH/c1-4-7-9-12-14(15,11-6-3)13-10-8-5-2;/h4-13,15H2,1-3H3;1H. The van der Waals surface area contributed by atoms with Crippen LogP contribution in [0.5, 0.6) is 0 Å². The number of hydrogen-bond acceptors (Lipinski definition) is 1. The molecule has 0 aromatic heterocycles. The second-order valence-corrected chi connectivity index (χ2v) is 5.03. The lowest BCUT2D eigenvalue weighted by Gasteiger charge is -2.29. The fourth-order valence-electron chi connectivity index (χ4n) is 2.33. The van der Waals surface area contributed by atoms with Crippen molar-refractivity contribution in [1.82, 2.24) is 0 Å². The summed E-state index contributed by atoms with van der Waals surface area (Å²) in [4.78, 5) is 0. The Morgan fingerprint density at radius 2 is 1.12 bits per heavy atom. The number of halogens is 1. The van der Waals surface area contributed by atoms with E-state index < -0.39 is 0 Å². The Balaban J connectivity index is 0. The Kier molecular flexibility index (Phi) is 14.0. The zero-order valence-electron chi connectivity index (χ0n) is 11.6. The molecule has 0 fully saturated rings. The maximum absolute atomic E-state index is 6.49. The predicted molar refractivity (Wildman–Crippen MR) is 80.4 cm³/mol. The highest BCUT2D eigenvalue weighted by Gasteiger charge is 2.22. The fraction of sp³-hybridized carbons (Fsp3) is 1.00. The maximum atomic E-state index is 6.49. The van der Waals surface area contributed by atoms with Crippen molar-refractivity contribution in [3.05, 3.63) is 0 Å². The molecule has 0 aromatic rings. The number of nitrogens with two attached hydrogens (primary N) is 1. The number of hydrogen-bond donors (Lipinski definition) is 1. The predicted octanol–water partition coefficient (Wildman–Crippen LogP) is 5.22. The van der Waals surface area contributed by atoms with E-state index in [1.54, 1.807) is 0 Å². The highest BCUT2D eigenvalue weighted by atomic mass is 79.9. The summed E-state index contributed by atoms with van der Waals surface area (Å²) >= 11 is 0. The van der Waals surface area contributed by atoms with Crippen LogP contribution in [0.25, 0.3) is 0 Å². The van der Waals surface area contributed by atoms with Gasteiger partial charge in [0.05, 0.1) is 0 Å². The van der Waals surface area contributed by atoms with Crippen LogP contribution in [0.4, 0.5) is 0 Å². The van der Waals surface area contributed by atoms with Gasteiger partial charge in [-0.3, -0.25) is 0 Å². The maximum Gasteiger partial charge on any atom is 0.0154 e. The van der Waals surface area contributed by atoms with Gasteiger partial charge >= 0.3 is 0 Å². The zero-order chi connectivity index (χ0) is 11.6. The monoisotopic (exact) mass is 293 g/mol. The largest absolute Gasteiger partial charge is 0.325 e. The van der Waals surface area contributed by atoms with E-state index in [0.717, 1.165) is 0 Å². The highest BCUT2D eigenvalue weighted by molar-refractivity contribution is 8.93. The first-order valence-electron chi connectivity index (χ1n) is 6.97. The molecule has 2 N–H and O–H groups in total. The van der Waals surface area contributed by atoms with Gasteiger partial charge in [-0.15, -0.1) is 17.0 Å². The lowest BCUT2D eigenvalue weighted by molar-refractivity contribution is 0.314. The van der Waals surface area contributed by atoms with Crippen molar-refractivity contribution in [2.45, 2.75) is 90.5 Å². The molecular formula is C14H32BrN. The summed E-state index contributed by atoms with van der Waals surface area (Å²) in [6.07, 6.45) is 12.8. The first-order valence-corrected chi connectivity index (χ1v) is 6.97. The molecule has 0 heterocycles. The van der Waals surface area contributed by atoms with Gasteiger partial charge in [0, 0.05) is 5.54 Å². The van der Waals surface area contributed by atoms with Gasteiger partial charge in [-0.1, -0.05) is 65.7 Å². The van der Waals surface area contributed by atoms with Crippen LogP contribution in [0.1, 0.15) is 85.0 Å². The molecule has 0 amide bonds. The molecule has 0 bridgehead atoms. The van der Waals surface area contributed by atoms with Crippen molar-refractivity contribution in [3.8, 4) is 0 Å². The third-order valence-electron chi connectivity index (χ3n) is 3.30. The molecule has 0 aromatic carbocycles. The summed E-state index contributed by atoms with van der Waals surface area (Å²) in [6.45, 7) is 6.77. The van der Waals surface area contributed by atoms with Crippen molar-refractivity contribution in [3.63, 3.8) is 0 Å². The molecule has 0 aliphatic rings. The van der Waals surface area contributed by atoms with Crippen molar-refractivity contribution in [2.75, 3.05) is 0 Å². The van der Waals surface area contributed by atoms with Gasteiger partial charge in [0.25, 0.3) is 0 Å². The number of rotatable bonds is 10. The summed E-state index contributed by atoms with van der Waals surface area (Å²) in [6, 6.07) is 0. The van der Waals surface area contributed by atoms with Gasteiger partial charge in [0.2, 0.25) is 0 Å². The van der Waals surface area contributed by atoms with Crippen LogP contribution >= 0.6 is 17.0 Å². The minimum Gasteiger partial charge on any atom is -0.325 e. The molecule has 100 valence electrons. The van der Waals surface area contributed by atoms with E-state index >= 15 is 0 Å². The van der Waals surface area contributed by atoms with E-state index in [9.17, 15) is 0 Å². The van der Waals surface area contributed by atoms with Crippen molar-refractivity contribution < 1.29 is 0 Å². The lowest BCUT2D eigenvalue weighted by atomic mass is 9.84. The molecule has 0 rings (SSSR count). The topological polar surface area (TPSA) is 26.0 Å². The molecule has 0 aliphatic carbocycles. The quantitative estimate of drug-likeness (QED) is 0.549. The summed E-state index contributed by atoms with van der Waals surface area (Å²) in [5, 5.41) is 0. The summed E-state index contributed by atoms with van der Waals surface area (Å²) in [7, 11) is 0. The van der Waals surface area contributed by atoms with Gasteiger partial charge in [-0.2, -0.15) is 0 Å². The smallest absolute Gasteiger partial charge is 0.0154 e. The number of unbranched alkanes of at least 4 members (excludes halogenated alkanes) is 4. The molecular weight excluding hydrogens is 262 g/mol. The molecule has 0 unspecified atom stereocenters. The van der Waals surface area contributed by atoms with Gasteiger partial charge in [0.15, 0.2) is 0 Å². The zero-order valence-corrected chi connectivity index (χ0v) is 13.3. The van der Waals surface area contributed by atoms with Crippen LogP contribution in [0.3, 0.4) is 0 Å². The van der Waals surface area contributed by atoms with Gasteiger partial charge in [0.1, 0.15) is 0 Å². The van der Waals surface area contributed by atoms with Crippen LogP contribution in [-0.2, 0) is 0 Å². The second-order valence-electron chi connectivity index (χ2n) is 5.03. The van der Waals surface area contributed by atoms with Crippen LogP contribution in [0.15, 0.2) is 0 Å². The van der Waals surface area contributed by atoms with Gasteiger partial charge in [-0.05, 0) is 19.3 Å². The van der Waals surface area contributed by atoms with Gasteiger partial charge < -0.3 is 5.73 Å². The molecule has 0 aliphatic heterocycles. The second kappa shape index (κ2) is 11.9. The van der Waals surface area contributed by atoms with Gasteiger partial charge in [-0.25, -0.2) is 0 Å².